The van der Waals surface area contributed by atoms with E-state index in [2.05, 4.69) is 41.1 Å². The zero-order chi connectivity index (χ0) is 23.0. The van der Waals surface area contributed by atoms with E-state index in [0.29, 0.717) is 25.7 Å². The summed E-state index contributed by atoms with van der Waals surface area (Å²) in [6.45, 7) is 8.00. The molecule has 0 heterocycles. The largest absolute Gasteiger partial charge is 0.376 e. The lowest BCUT2D eigenvalue weighted by molar-refractivity contribution is -0.0652. The van der Waals surface area contributed by atoms with Crippen LogP contribution in [0.1, 0.15) is 38.3 Å². The van der Waals surface area contributed by atoms with E-state index < -0.39 is 11.0 Å². The molecule has 0 aromatic heterocycles. The van der Waals surface area contributed by atoms with Crippen LogP contribution < -0.4 is 4.72 Å². The van der Waals surface area contributed by atoms with E-state index in [0.717, 1.165) is 18.4 Å². The average Bonchev–Trinajstić information content (AvgIpc) is 3.48. The Morgan fingerprint density at radius 2 is 1.59 bits per heavy atom. The van der Waals surface area contributed by atoms with Crippen LogP contribution in [0.3, 0.4) is 0 Å². The van der Waals surface area contributed by atoms with E-state index in [1.54, 1.807) is 7.11 Å². The van der Waals surface area contributed by atoms with Crippen LogP contribution in [0.2, 0.25) is 0 Å². The summed E-state index contributed by atoms with van der Waals surface area (Å²) >= 11 is 0. The van der Waals surface area contributed by atoms with E-state index in [-0.39, 0.29) is 23.0 Å². The summed E-state index contributed by atoms with van der Waals surface area (Å²) in [4.78, 5) is 0. The number of benzene rings is 2. The molecule has 1 aliphatic rings. The van der Waals surface area contributed by atoms with E-state index in [4.69, 9.17) is 14.2 Å². The standard InChI is InChI=1S/C26H37NO4S/c1-25(2,3)32(28)27-24(15-21-11-7-5-8-12-21)23-16-26(23,19-31-20-29-4)18-30-17-22-13-9-6-10-14-22/h5-14,23-24,27H,15-20H2,1-4H3/t23-,24+,26-,32-/m1/s1. The van der Waals surface area contributed by atoms with E-state index in [1.165, 1.54) is 5.56 Å². The molecule has 3 rings (SSSR count). The number of methoxy groups -OCH3 is 1. The smallest absolute Gasteiger partial charge is 0.146 e. The zero-order valence-electron chi connectivity index (χ0n) is 19.7. The van der Waals surface area contributed by atoms with Crippen molar-refractivity contribution < 1.29 is 18.4 Å². The van der Waals surface area contributed by atoms with Crippen LogP contribution in [0.25, 0.3) is 0 Å². The monoisotopic (exact) mass is 459 g/mol. The van der Waals surface area contributed by atoms with Gasteiger partial charge in [-0.3, -0.25) is 0 Å². The molecule has 1 fully saturated rings. The molecule has 32 heavy (non-hydrogen) atoms. The maximum Gasteiger partial charge on any atom is 0.146 e. The number of rotatable bonds is 13. The van der Waals surface area contributed by atoms with Gasteiger partial charge in [0.1, 0.15) is 6.79 Å². The highest BCUT2D eigenvalue weighted by atomic mass is 32.2. The highest BCUT2D eigenvalue weighted by Crippen LogP contribution is 2.55. The Kier molecular flexibility index (Phi) is 9.03. The molecule has 4 atom stereocenters. The van der Waals surface area contributed by atoms with E-state index in [1.807, 2.05) is 45.0 Å². The van der Waals surface area contributed by atoms with Gasteiger partial charge in [0.15, 0.2) is 0 Å². The Hall–Kier alpha value is -1.57. The summed E-state index contributed by atoms with van der Waals surface area (Å²) in [7, 11) is 0.480. The first kappa shape index (κ1) is 25.1. The summed E-state index contributed by atoms with van der Waals surface area (Å²) in [6.07, 6.45) is 1.79. The van der Waals surface area contributed by atoms with Crippen LogP contribution in [0.15, 0.2) is 60.7 Å². The van der Waals surface area contributed by atoms with Crippen molar-refractivity contribution in [2.75, 3.05) is 27.1 Å². The number of hydrogen-bond acceptors (Lipinski definition) is 4. The third-order valence-electron chi connectivity index (χ3n) is 5.94. The third kappa shape index (κ3) is 7.22. The van der Waals surface area contributed by atoms with Gasteiger partial charge in [-0.15, -0.1) is 0 Å². The Bertz CT molecular complexity index is 840. The summed E-state index contributed by atoms with van der Waals surface area (Å²) in [5.41, 5.74) is 2.28. The topological polar surface area (TPSA) is 56.8 Å². The lowest BCUT2D eigenvalue weighted by Crippen LogP contribution is -2.43. The van der Waals surface area contributed by atoms with E-state index >= 15 is 0 Å². The predicted octanol–water partition coefficient (Wildman–Crippen LogP) is 4.49. The fourth-order valence-electron chi connectivity index (χ4n) is 4.04. The van der Waals surface area contributed by atoms with Gasteiger partial charge >= 0.3 is 0 Å². The van der Waals surface area contributed by atoms with Crippen molar-refractivity contribution in [3.8, 4) is 0 Å². The fraction of sp³-hybridized carbons (Fsp3) is 0.538. The average molecular weight is 460 g/mol. The maximum atomic E-state index is 13.0. The van der Waals surface area contributed by atoms with Gasteiger partial charge in [0, 0.05) is 18.6 Å². The zero-order valence-corrected chi connectivity index (χ0v) is 20.5. The van der Waals surface area contributed by atoms with Crippen LogP contribution in [-0.2, 0) is 38.2 Å². The van der Waals surface area contributed by atoms with E-state index in [9.17, 15) is 4.21 Å². The summed E-state index contributed by atoms with van der Waals surface area (Å²) < 4.78 is 33.2. The van der Waals surface area contributed by atoms with Crippen molar-refractivity contribution in [2.45, 2.75) is 51.0 Å². The van der Waals surface area contributed by atoms with Gasteiger partial charge in [0.05, 0.1) is 35.6 Å². The second-order valence-electron chi connectivity index (χ2n) is 9.70. The van der Waals surface area contributed by atoms with Gasteiger partial charge in [-0.1, -0.05) is 60.7 Å². The molecule has 0 amide bonds. The molecule has 2 aromatic carbocycles. The first-order valence-electron chi connectivity index (χ1n) is 11.2. The molecule has 2 aromatic rings. The molecule has 0 bridgehead atoms. The van der Waals surface area contributed by atoms with Crippen LogP contribution in [0.4, 0.5) is 0 Å². The summed E-state index contributed by atoms with van der Waals surface area (Å²) in [5.74, 6) is 0.307. The Balaban J connectivity index is 1.72. The SMILES string of the molecule is COCOC[C@]1(COCc2ccccc2)C[C@@H]1[C@H](Cc1ccccc1)N[S@](=O)C(C)(C)C. The lowest BCUT2D eigenvalue weighted by atomic mass is 9.96. The Morgan fingerprint density at radius 1 is 1.00 bits per heavy atom. The summed E-state index contributed by atoms with van der Waals surface area (Å²) in [5, 5.41) is 0. The molecule has 176 valence electrons. The van der Waals surface area contributed by atoms with Gasteiger partial charge in [0.2, 0.25) is 0 Å². The number of ether oxygens (including phenoxy) is 3. The molecular formula is C26H37NO4S. The minimum Gasteiger partial charge on any atom is -0.376 e. The van der Waals surface area contributed by atoms with Gasteiger partial charge in [-0.2, -0.15) is 0 Å². The van der Waals surface area contributed by atoms with Crippen molar-refractivity contribution in [2.24, 2.45) is 11.3 Å². The predicted molar refractivity (Wildman–Crippen MR) is 129 cm³/mol. The van der Waals surface area contributed by atoms with Gasteiger partial charge < -0.3 is 14.2 Å². The van der Waals surface area contributed by atoms with Crippen molar-refractivity contribution in [3.05, 3.63) is 71.8 Å². The summed E-state index contributed by atoms with van der Waals surface area (Å²) in [6, 6.07) is 20.7. The second kappa shape index (κ2) is 11.5. The van der Waals surface area contributed by atoms with Crippen LogP contribution in [0.5, 0.6) is 0 Å². The molecule has 0 unspecified atom stereocenters. The molecule has 1 N–H and O–H groups in total. The quantitative estimate of drug-likeness (QED) is 0.354. The molecule has 1 aliphatic carbocycles. The number of hydrogen-bond donors (Lipinski definition) is 1. The van der Waals surface area contributed by atoms with Crippen LogP contribution in [0, 0.1) is 11.3 Å². The maximum absolute atomic E-state index is 13.0. The normalized spacial score (nSPS) is 22.4. The van der Waals surface area contributed by atoms with Crippen LogP contribution >= 0.6 is 0 Å². The molecule has 5 nitrogen and oxygen atoms in total. The third-order valence-corrected chi connectivity index (χ3v) is 7.57. The number of nitrogens with one attached hydrogen (secondary N) is 1. The highest BCUT2D eigenvalue weighted by molar-refractivity contribution is 7.84. The van der Waals surface area contributed by atoms with Gasteiger partial charge in [-0.05, 0) is 50.7 Å². The second-order valence-corrected chi connectivity index (χ2v) is 11.7. The first-order chi connectivity index (χ1) is 15.3. The van der Waals surface area contributed by atoms with Crippen molar-refractivity contribution >= 4 is 11.0 Å². The molecule has 0 radical (unpaired) electrons. The Labute approximate surface area is 195 Å². The molecule has 1 saturated carbocycles. The molecule has 0 saturated heterocycles. The van der Waals surface area contributed by atoms with Crippen molar-refractivity contribution in [1.29, 1.82) is 0 Å². The first-order valence-corrected chi connectivity index (χ1v) is 12.4. The highest BCUT2D eigenvalue weighted by Gasteiger charge is 2.58. The van der Waals surface area contributed by atoms with Crippen molar-refractivity contribution in [3.63, 3.8) is 0 Å². The minimum atomic E-state index is -1.15. The fourth-order valence-corrected chi connectivity index (χ4v) is 4.92. The van der Waals surface area contributed by atoms with Gasteiger partial charge in [-0.25, -0.2) is 8.93 Å². The van der Waals surface area contributed by atoms with Crippen molar-refractivity contribution in [1.82, 2.24) is 4.72 Å². The van der Waals surface area contributed by atoms with Crippen LogP contribution in [-0.4, -0.2) is 42.1 Å². The molecule has 0 aliphatic heterocycles. The van der Waals surface area contributed by atoms with Gasteiger partial charge in [0.25, 0.3) is 0 Å². The minimum absolute atomic E-state index is 0.0731. The molecule has 0 spiro atoms. The lowest BCUT2D eigenvalue weighted by Gasteiger charge is -2.27. The molecular weight excluding hydrogens is 422 g/mol. The Morgan fingerprint density at radius 3 is 2.19 bits per heavy atom. The molecule has 6 heteroatoms.